The van der Waals surface area contributed by atoms with Crippen molar-refractivity contribution >= 4 is 10.0 Å². The molecule has 1 heterocycles. The second-order valence-electron chi connectivity index (χ2n) is 5.30. The highest BCUT2D eigenvalue weighted by Crippen LogP contribution is 2.31. The van der Waals surface area contributed by atoms with E-state index in [2.05, 4.69) is 12.2 Å². The minimum absolute atomic E-state index is 0.144. The van der Waals surface area contributed by atoms with Gasteiger partial charge in [0.2, 0.25) is 10.0 Å². The second kappa shape index (κ2) is 5.67. The van der Waals surface area contributed by atoms with Crippen molar-refractivity contribution in [3.05, 3.63) is 0 Å². The van der Waals surface area contributed by atoms with Crippen LogP contribution in [0.5, 0.6) is 0 Å². The van der Waals surface area contributed by atoms with Gasteiger partial charge < -0.3 is 5.32 Å². The fourth-order valence-corrected chi connectivity index (χ4v) is 4.57. The molecule has 2 aliphatic rings. The molecule has 0 radical (unpaired) electrons. The lowest BCUT2D eigenvalue weighted by Gasteiger charge is -2.29. The first kappa shape index (κ1) is 13.3. The summed E-state index contributed by atoms with van der Waals surface area (Å²) in [4.78, 5) is 0. The monoisotopic (exact) mass is 260 g/mol. The van der Waals surface area contributed by atoms with Gasteiger partial charge in [-0.1, -0.05) is 6.92 Å². The van der Waals surface area contributed by atoms with Crippen molar-refractivity contribution in [3.63, 3.8) is 0 Å². The first-order chi connectivity index (χ1) is 8.14. The number of piperidine rings is 1. The molecule has 1 saturated heterocycles. The SMILES string of the molecule is CCCN(CC1CC1)S(=O)(=O)C1CCNCC1. The van der Waals surface area contributed by atoms with Crippen molar-refractivity contribution in [3.8, 4) is 0 Å². The van der Waals surface area contributed by atoms with E-state index in [0.29, 0.717) is 12.5 Å². The second-order valence-corrected chi connectivity index (χ2v) is 7.51. The van der Waals surface area contributed by atoms with E-state index >= 15 is 0 Å². The maximum Gasteiger partial charge on any atom is 0.217 e. The zero-order valence-corrected chi connectivity index (χ0v) is 11.5. The van der Waals surface area contributed by atoms with Gasteiger partial charge in [-0.25, -0.2) is 12.7 Å². The molecular weight excluding hydrogens is 236 g/mol. The molecule has 0 amide bonds. The van der Waals surface area contributed by atoms with Gasteiger partial charge in [0.1, 0.15) is 0 Å². The summed E-state index contributed by atoms with van der Waals surface area (Å²) < 4.78 is 26.8. The van der Waals surface area contributed by atoms with Crippen LogP contribution in [0, 0.1) is 5.92 Å². The normalized spacial score (nSPS) is 23.2. The van der Waals surface area contributed by atoms with Crippen LogP contribution in [0.2, 0.25) is 0 Å². The quantitative estimate of drug-likeness (QED) is 0.780. The van der Waals surface area contributed by atoms with E-state index in [1.54, 1.807) is 4.31 Å². The minimum Gasteiger partial charge on any atom is -0.317 e. The molecule has 0 aromatic carbocycles. The van der Waals surface area contributed by atoms with Gasteiger partial charge in [-0.15, -0.1) is 0 Å². The Morgan fingerprint density at radius 2 is 1.82 bits per heavy atom. The Morgan fingerprint density at radius 3 is 2.35 bits per heavy atom. The van der Waals surface area contributed by atoms with Gasteiger partial charge in [0.15, 0.2) is 0 Å². The Balaban J connectivity index is 2.02. The maximum absolute atomic E-state index is 12.5. The van der Waals surface area contributed by atoms with E-state index in [-0.39, 0.29) is 5.25 Å². The summed E-state index contributed by atoms with van der Waals surface area (Å²) in [7, 11) is -3.05. The van der Waals surface area contributed by atoms with Crippen LogP contribution in [-0.4, -0.2) is 44.2 Å². The molecule has 2 fully saturated rings. The lowest BCUT2D eigenvalue weighted by atomic mass is 10.2. The highest BCUT2D eigenvalue weighted by atomic mass is 32.2. The Hall–Kier alpha value is -0.130. The summed E-state index contributed by atoms with van der Waals surface area (Å²) in [5, 5.41) is 3.08. The zero-order valence-electron chi connectivity index (χ0n) is 10.7. The molecule has 2 rings (SSSR count). The molecule has 1 aliphatic heterocycles. The highest BCUT2D eigenvalue weighted by Gasteiger charge is 2.35. The van der Waals surface area contributed by atoms with Crippen molar-refractivity contribution in [2.75, 3.05) is 26.2 Å². The van der Waals surface area contributed by atoms with Gasteiger partial charge >= 0.3 is 0 Å². The van der Waals surface area contributed by atoms with Crippen molar-refractivity contribution in [1.82, 2.24) is 9.62 Å². The Morgan fingerprint density at radius 1 is 1.18 bits per heavy atom. The standard InChI is InChI=1S/C12H24N2O2S/c1-2-9-14(10-11-3-4-11)17(15,16)12-5-7-13-8-6-12/h11-13H,2-10H2,1H3. The molecule has 0 unspecified atom stereocenters. The summed E-state index contributed by atoms with van der Waals surface area (Å²) in [6, 6.07) is 0. The third-order valence-electron chi connectivity index (χ3n) is 3.70. The summed E-state index contributed by atoms with van der Waals surface area (Å²) in [6.45, 7) is 5.20. The Kier molecular flexibility index (Phi) is 4.44. The van der Waals surface area contributed by atoms with Crippen LogP contribution in [0.25, 0.3) is 0 Å². The van der Waals surface area contributed by atoms with Crippen LogP contribution in [0.15, 0.2) is 0 Å². The predicted molar refractivity (Wildman–Crippen MR) is 69.4 cm³/mol. The van der Waals surface area contributed by atoms with Gasteiger partial charge in [-0.05, 0) is 51.1 Å². The maximum atomic E-state index is 12.5. The molecule has 0 aromatic heterocycles. The first-order valence-electron chi connectivity index (χ1n) is 6.84. The number of hydrogen-bond donors (Lipinski definition) is 1. The third kappa shape index (κ3) is 3.42. The van der Waals surface area contributed by atoms with Crippen molar-refractivity contribution in [2.45, 2.75) is 44.3 Å². The number of rotatable bonds is 6. The molecule has 17 heavy (non-hydrogen) atoms. The smallest absolute Gasteiger partial charge is 0.217 e. The van der Waals surface area contributed by atoms with Crippen LogP contribution in [0.1, 0.15) is 39.0 Å². The number of nitrogens with zero attached hydrogens (tertiary/aromatic N) is 1. The average Bonchev–Trinajstić information content (AvgIpc) is 3.14. The molecule has 0 aromatic rings. The molecule has 0 spiro atoms. The summed E-state index contributed by atoms with van der Waals surface area (Å²) >= 11 is 0. The van der Waals surface area contributed by atoms with Gasteiger partial charge in [-0.3, -0.25) is 0 Å². The first-order valence-corrected chi connectivity index (χ1v) is 8.34. The zero-order chi connectivity index (χ0) is 12.3. The van der Waals surface area contributed by atoms with Gasteiger partial charge in [-0.2, -0.15) is 0 Å². The third-order valence-corrected chi connectivity index (χ3v) is 6.06. The van der Waals surface area contributed by atoms with E-state index < -0.39 is 10.0 Å². The van der Waals surface area contributed by atoms with E-state index in [4.69, 9.17) is 0 Å². The summed E-state index contributed by atoms with van der Waals surface area (Å²) in [5.41, 5.74) is 0. The molecule has 0 bridgehead atoms. The minimum atomic E-state index is -3.05. The molecular formula is C12H24N2O2S. The van der Waals surface area contributed by atoms with Gasteiger partial charge in [0, 0.05) is 13.1 Å². The molecule has 1 saturated carbocycles. The van der Waals surface area contributed by atoms with E-state index in [0.717, 1.165) is 38.9 Å². The molecule has 0 atom stereocenters. The molecule has 1 N–H and O–H groups in total. The number of sulfonamides is 1. The summed E-state index contributed by atoms with van der Waals surface area (Å²) in [6.07, 6.45) is 4.88. The van der Waals surface area contributed by atoms with Crippen LogP contribution in [0.3, 0.4) is 0 Å². The van der Waals surface area contributed by atoms with Crippen LogP contribution >= 0.6 is 0 Å². The topological polar surface area (TPSA) is 49.4 Å². The fourth-order valence-electron chi connectivity index (χ4n) is 2.46. The van der Waals surface area contributed by atoms with Crippen LogP contribution < -0.4 is 5.32 Å². The van der Waals surface area contributed by atoms with Crippen molar-refractivity contribution in [1.29, 1.82) is 0 Å². The molecule has 5 heteroatoms. The van der Waals surface area contributed by atoms with Crippen LogP contribution in [0.4, 0.5) is 0 Å². The van der Waals surface area contributed by atoms with E-state index in [1.165, 1.54) is 12.8 Å². The van der Waals surface area contributed by atoms with Crippen molar-refractivity contribution < 1.29 is 8.42 Å². The van der Waals surface area contributed by atoms with Crippen molar-refractivity contribution in [2.24, 2.45) is 5.92 Å². The lowest BCUT2D eigenvalue weighted by molar-refractivity contribution is 0.377. The fraction of sp³-hybridized carbons (Fsp3) is 1.00. The largest absolute Gasteiger partial charge is 0.317 e. The van der Waals surface area contributed by atoms with E-state index in [1.807, 2.05) is 0 Å². The molecule has 100 valence electrons. The lowest BCUT2D eigenvalue weighted by Crippen LogP contribution is -2.45. The molecule has 1 aliphatic carbocycles. The molecule has 4 nitrogen and oxygen atoms in total. The average molecular weight is 260 g/mol. The Bertz CT molecular complexity index is 332. The highest BCUT2D eigenvalue weighted by molar-refractivity contribution is 7.89. The van der Waals surface area contributed by atoms with Gasteiger partial charge in [0.05, 0.1) is 5.25 Å². The van der Waals surface area contributed by atoms with Gasteiger partial charge in [0.25, 0.3) is 0 Å². The van der Waals surface area contributed by atoms with Crippen LogP contribution in [-0.2, 0) is 10.0 Å². The predicted octanol–water partition coefficient (Wildman–Crippen LogP) is 1.19. The van der Waals surface area contributed by atoms with E-state index in [9.17, 15) is 8.42 Å². The Labute approximate surface area is 105 Å². The number of nitrogens with one attached hydrogen (secondary N) is 1. The summed E-state index contributed by atoms with van der Waals surface area (Å²) in [5.74, 6) is 0.637. The number of hydrogen-bond acceptors (Lipinski definition) is 3.